The molecule has 0 unspecified atom stereocenters. The van der Waals surface area contributed by atoms with Crippen molar-refractivity contribution in [1.29, 1.82) is 0 Å². The van der Waals surface area contributed by atoms with Gasteiger partial charge in [0.1, 0.15) is 0 Å². The molecule has 0 aliphatic heterocycles. The topological polar surface area (TPSA) is 13.1 Å². The highest BCUT2D eigenvalue weighted by molar-refractivity contribution is 6.22. The molecule has 8 aromatic carbocycles. The average molecular weight is 626 g/mol. The van der Waals surface area contributed by atoms with Crippen molar-refractivity contribution >= 4 is 71.4 Å². The van der Waals surface area contributed by atoms with Crippen LogP contribution in [0.4, 0.5) is 17.1 Å². The number of aromatic nitrogens is 2. The summed E-state index contributed by atoms with van der Waals surface area (Å²) in [6.45, 7) is 0. The van der Waals surface area contributed by atoms with Gasteiger partial charge in [0.05, 0.1) is 22.1 Å². The van der Waals surface area contributed by atoms with Gasteiger partial charge >= 0.3 is 0 Å². The highest BCUT2D eigenvalue weighted by Gasteiger charge is 2.19. The van der Waals surface area contributed by atoms with Gasteiger partial charge in [-0.3, -0.25) is 0 Å². The van der Waals surface area contributed by atoms with Crippen molar-refractivity contribution in [3.8, 4) is 11.4 Å². The largest absolute Gasteiger partial charge is 0.311 e. The van der Waals surface area contributed by atoms with Gasteiger partial charge in [0.15, 0.2) is 0 Å². The van der Waals surface area contributed by atoms with E-state index in [1.165, 1.54) is 60.1 Å². The Morgan fingerprint density at radius 1 is 0.306 bits per heavy atom. The number of hydrogen-bond donors (Lipinski definition) is 0. The summed E-state index contributed by atoms with van der Waals surface area (Å²) in [4.78, 5) is 2.31. The van der Waals surface area contributed by atoms with Gasteiger partial charge < -0.3 is 14.0 Å². The first kappa shape index (κ1) is 27.5. The van der Waals surface area contributed by atoms with Gasteiger partial charge in [-0.2, -0.15) is 0 Å². The smallest absolute Gasteiger partial charge is 0.0619 e. The molecule has 230 valence electrons. The normalized spacial score (nSPS) is 11.7. The Balaban J connectivity index is 1.20. The summed E-state index contributed by atoms with van der Waals surface area (Å²) in [5, 5.41) is 7.51. The number of fused-ring (bicyclic) bond motifs is 8. The van der Waals surface area contributed by atoms with Crippen molar-refractivity contribution in [3.63, 3.8) is 0 Å². The minimum Gasteiger partial charge on any atom is -0.311 e. The molecule has 10 rings (SSSR count). The number of hydrogen-bond acceptors (Lipinski definition) is 1. The van der Waals surface area contributed by atoms with Crippen LogP contribution in [0.1, 0.15) is 0 Å². The first-order valence-corrected chi connectivity index (χ1v) is 16.8. The second kappa shape index (κ2) is 11.0. The number of anilines is 3. The van der Waals surface area contributed by atoms with Gasteiger partial charge in [0.25, 0.3) is 0 Å². The standard InChI is InChI=1S/C46H31N3/c1-4-14-33(15-5-1)47(34-16-6-2-7-17-34)36-25-27-37(28-26-36)48-43-22-12-11-21-39(43)42-31-41-32(30-45(42)48)24-29-40-38-20-10-13-23-44(38)49(46(40)41)35-18-8-3-9-19-35/h1-31H. The van der Waals surface area contributed by atoms with E-state index in [1.807, 2.05) is 0 Å². The van der Waals surface area contributed by atoms with E-state index in [1.54, 1.807) is 0 Å². The quantitative estimate of drug-likeness (QED) is 0.185. The lowest BCUT2D eigenvalue weighted by Crippen LogP contribution is -2.09. The third-order valence-corrected chi connectivity index (χ3v) is 9.85. The molecular formula is C46H31N3. The lowest BCUT2D eigenvalue weighted by atomic mass is 10.0. The molecule has 0 bridgehead atoms. The van der Waals surface area contributed by atoms with Crippen LogP contribution in [0.15, 0.2) is 188 Å². The molecule has 0 N–H and O–H groups in total. The molecule has 0 saturated heterocycles. The van der Waals surface area contributed by atoms with Crippen LogP contribution in [0.5, 0.6) is 0 Å². The molecule has 10 aromatic rings. The van der Waals surface area contributed by atoms with Crippen molar-refractivity contribution in [3.05, 3.63) is 188 Å². The molecule has 3 nitrogen and oxygen atoms in total. The van der Waals surface area contributed by atoms with E-state index in [0.29, 0.717) is 0 Å². The molecule has 2 aromatic heterocycles. The lowest BCUT2D eigenvalue weighted by Gasteiger charge is -2.25. The predicted octanol–water partition coefficient (Wildman–Crippen LogP) is 12.5. The maximum atomic E-state index is 2.43. The highest BCUT2D eigenvalue weighted by Crippen LogP contribution is 2.41. The SMILES string of the molecule is c1ccc(N(c2ccccc2)c2ccc(-n3c4ccccc4c4cc5c(ccc6c7ccccc7n(-c7ccccc7)c56)cc43)cc2)cc1. The third kappa shape index (κ3) is 4.29. The highest BCUT2D eigenvalue weighted by atomic mass is 15.1. The fourth-order valence-corrected chi connectivity index (χ4v) is 7.72. The van der Waals surface area contributed by atoms with Crippen LogP contribution < -0.4 is 4.90 Å². The summed E-state index contributed by atoms with van der Waals surface area (Å²) in [6, 6.07) is 67.8. The molecule has 49 heavy (non-hydrogen) atoms. The van der Waals surface area contributed by atoms with Crippen molar-refractivity contribution in [2.45, 2.75) is 0 Å². The van der Waals surface area contributed by atoms with Gasteiger partial charge in [0, 0.05) is 55.4 Å². The minimum absolute atomic E-state index is 1.11. The summed E-state index contributed by atoms with van der Waals surface area (Å²) < 4.78 is 4.85. The maximum Gasteiger partial charge on any atom is 0.0619 e. The fourth-order valence-electron chi connectivity index (χ4n) is 7.72. The summed E-state index contributed by atoms with van der Waals surface area (Å²) in [5.74, 6) is 0. The number of rotatable bonds is 5. The molecule has 3 heteroatoms. The van der Waals surface area contributed by atoms with Crippen LogP contribution in [-0.2, 0) is 0 Å². The Hall–Kier alpha value is -6.58. The van der Waals surface area contributed by atoms with Crippen molar-refractivity contribution in [2.24, 2.45) is 0 Å². The Bertz CT molecular complexity index is 2750. The lowest BCUT2D eigenvalue weighted by molar-refractivity contribution is 1.17. The maximum absolute atomic E-state index is 2.43. The first-order valence-electron chi connectivity index (χ1n) is 16.8. The second-order valence-electron chi connectivity index (χ2n) is 12.6. The average Bonchev–Trinajstić information content (AvgIpc) is 3.68. The van der Waals surface area contributed by atoms with Crippen LogP contribution in [-0.4, -0.2) is 9.13 Å². The number of nitrogens with zero attached hydrogens (tertiary/aromatic N) is 3. The van der Waals surface area contributed by atoms with Crippen LogP contribution in [0.25, 0.3) is 65.8 Å². The van der Waals surface area contributed by atoms with Crippen molar-refractivity contribution in [1.82, 2.24) is 9.13 Å². The van der Waals surface area contributed by atoms with E-state index >= 15 is 0 Å². The zero-order chi connectivity index (χ0) is 32.3. The monoisotopic (exact) mass is 625 g/mol. The van der Waals surface area contributed by atoms with E-state index in [-0.39, 0.29) is 0 Å². The van der Waals surface area contributed by atoms with Crippen LogP contribution in [0.3, 0.4) is 0 Å². The number of para-hydroxylation sites is 5. The van der Waals surface area contributed by atoms with Gasteiger partial charge in [-0.25, -0.2) is 0 Å². The predicted molar refractivity (Wildman–Crippen MR) is 207 cm³/mol. The van der Waals surface area contributed by atoms with E-state index in [2.05, 4.69) is 202 Å². The van der Waals surface area contributed by atoms with E-state index < -0.39 is 0 Å². The Morgan fingerprint density at radius 2 is 0.816 bits per heavy atom. The van der Waals surface area contributed by atoms with E-state index in [9.17, 15) is 0 Å². The Labute approximate surface area is 284 Å². The van der Waals surface area contributed by atoms with Gasteiger partial charge in [-0.15, -0.1) is 0 Å². The van der Waals surface area contributed by atoms with Gasteiger partial charge in [-0.1, -0.05) is 103 Å². The summed E-state index contributed by atoms with van der Waals surface area (Å²) >= 11 is 0. The van der Waals surface area contributed by atoms with E-state index in [0.717, 1.165) is 22.7 Å². The zero-order valence-corrected chi connectivity index (χ0v) is 26.7. The number of benzene rings is 8. The summed E-state index contributed by atoms with van der Waals surface area (Å²) in [6.07, 6.45) is 0. The summed E-state index contributed by atoms with van der Waals surface area (Å²) in [7, 11) is 0. The summed E-state index contributed by atoms with van der Waals surface area (Å²) in [5.41, 5.74) is 10.5. The second-order valence-corrected chi connectivity index (χ2v) is 12.6. The van der Waals surface area contributed by atoms with Crippen LogP contribution >= 0.6 is 0 Å². The van der Waals surface area contributed by atoms with E-state index in [4.69, 9.17) is 0 Å². The Morgan fingerprint density at radius 3 is 1.47 bits per heavy atom. The third-order valence-electron chi connectivity index (χ3n) is 9.85. The minimum atomic E-state index is 1.11. The molecule has 0 atom stereocenters. The fraction of sp³-hybridized carbons (Fsp3) is 0. The van der Waals surface area contributed by atoms with Crippen molar-refractivity contribution in [2.75, 3.05) is 4.90 Å². The van der Waals surface area contributed by atoms with Crippen LogP contribution in [0.2, 0.25) is 0 Å². The molecule has 0 amide bonds. The molecule has 0 aliphatic rings. The van der Waals surface area contributed by atoms with Gasteiger partial charge in [-0.05, 0) is 90.3 Å². The Kier molecular flexibility index (Phi) is 6.18. The first-order chi connectivity index (χ1) is 24.3. The molecule has 0 fully saturated rings. The van der Waals surface area contributed by atoms with Gasteiger partial charge in [0.2, 0.25) is 0 Å². The zero-order valence-electron chi connectivity index (χ0n) is 26.7. The van der Waals surface area contributed by atoms with Crippen molar-refractivity contribution < 1.29 is 0 Å². The molecule has 0 radical (unpaired) electrons. The molecule has 0 aliphatic carbocycles. The molecular weight excluding hydrogens is 595 g/mol. The molecule has 0 saturated carbocycles. The molecule has 2 heterocycles. The molecule has 0 spiro atoms. The van der Waals surface area contributed by atoms with Crippen LogP contribution in [0, 0.1) is 0 Å².